The first-order valence-corrected chi connectivity index (χ1v) is 6.90. The highest BCUT2D eigenvalue weighted by molar-refractivity contribution is 5.35. The molecular weight excluding hydrogens is 206 g/mol. The van der Waals surface area contributed by atoms with Crippen molar-refractivity contribution in [1.29, 1.82) is 0 Å². The number of fused-ring (bicyclic) bond motifs is 1. The molecule has 0 atom stereocenters. The molecule has 0 bridgehead atoms. The van der Waals surface area contributed by atoms with E-state index in [1.54, 1.807) is 11.1 Å². The number of benzene rings is 1. The Morgan fingerprint density at radius 1 is 1.12 bits per heavy atom. The summed E-state index contributed by atoms with van der Waals surface area (Å²) < 4.78 is 0. The number of rotatable bonds is 3. The van der Waals surface area contributed by atoms with E-state index >= 15 is 0 Å². The first-order chi connectivity index (χ1) is 8.06. The summed E-state index contributed by atoms with van der Waals surface area (Å²) in [5, 5.41) is 0. The number of hydrogen-bond donors (Lipinski definition) is 0. The highest BCUT2D eigenvalue weighted by atomic mass is 15.1. The van der Waals surface area contributed by atoms with E-state index in [1.807, 2.05) is 0 Å². The molecule has 17 heavy (non-hydrogen) atoms. The van der Waals surface area contributed by atoms with Crippen molar-refractivity contribution < 1.29 is 0 Å². The number of nitrogens with zero attached hydrogens (tertiary/aromatic N) is 1. The molecule has 0 N–H and O–H groups in total. The van der Waals surface area contributed by atoms with Crippen molar-refractivity contribution in [3.8, 4) is 0 Å². The van der Waals surface area contributed by atoms with Gasteiger partial charge in [-0.2, -0.15) is 0 Å². The monoisotopic (exact) mass is 231 g/mol. The molecule has 0 amide bonds. The summed E-state index contributed by atoms with van der Waals surface area (Å²) in [6.07, 6.45) is 1.22. The van der Waals surface area contributed by atoms with Crippen LogP contribution in [0.5, 0.6) is 0 Å². The molecule has 1 aliphatic heterocycles. The Morgan fingerprint density at radius 3 is 2.53 bits per heavy atom. The van der Waals surface area contributed by atoms with Crippen molar-refractivity contribution in [1.82, 2.24) is 4.90 Å². The first-order valence-electron chi connectivity index (χ1n) is 6.90. The lowest BCUT2D eigenvalue weighted by Crippen LogP contribution is -2.33. The molecule has 0 saturated carbocycles. The molecule has 1 heterocycles. The van der Waals surface area contributed by atoms with E-state index in [0.717, 1.165) is 12.5 Å². The van der Waals surface area contributed by atoms with Crippen molar-refractivity contribution in [2.45, 2.75) is 46.6 Å². The summed E-state index contributed by atoms with van der Waals surface area (Å²) in [7, 11) is 0. The van der Waals surface area contributed by atoms with Gasteiger partial charge in [0.1, 0.15) is 0 Å². The fourth-order valence-electron chi connectivity index (χ4n) is 2.66. The second-order valence-electron chi connectivity index (χ2n) is 6.06. The molecule has 0 fully saturated rings. The van der Waals surface area contributed by atoms with Gasteiger partial charge < -0.3 is 0 Å². The molecule has 1 aliphatic rings. The maximum atomic E-state index is 2.59. The third-order valence-electron chi connectivity index (χ3n) is 3.61. The molecule has 0 radical (unpaired) electrons. The fourth-order valence-corrected chi connectivity index (χ4v) is 2.66. The van der Waals surface area contributed by atoms with Crippen molar-refractivity contribution in [3.05, 3.63) is 34.9 Å². The summed E-state index contributed by atoms with van der Waals surface area (Å²) in [6, 6.07) is 7.08. The third-order valence-corrected chi connectivity index (χ3v) is 3.61. The molecule has 0 saturated heterocycles. The molecule has 1 heteroatoms. The van der Waals surface area contributed by atoms with Crippen LogP contribution in [0.3, 0.4) is 0 Å². The smallest absolute Gasteiger partial charge is 0.0236 e. The molecule has 0 unspecified atom stereocenters. The van der Waals surface area contributed by atoms with Crippen LogP contribution in [0.15, 0.2) is 18.2 Å². The Hall–Kier alpha value is -0.820. The van der Waals surface area contributed by atoms with Gasteiger partial charge in [-0.15, -0.1) is 0 Å². The summed E-state index contributed by atoms with van der Waals surface area (Å²) >= 11 is 0. The van der Waals surface area contributed by atoms with Gasteiger partial charge >= 0.3 is 0 Å². The quantitative estimate of drug-likeness (QED) is 0.764. The zero-order chi connectivity index (χ0) is 12.4. The molecule has 1 aromatic carbocycles. The minimum atomic E-state index is 0.647. The van der Waals surface area contributed by atoms with Crippen LogP contribution >= 0.6 is 0 Å². The van der Waals surface area contributed by atoms with Gasteiger partial charge in [0.05, 0.1) is 0 Å². The summed E-state index contributed by atoms with van der Waals surface area (Å²) in [5.74, 6) is 1.42. The molecule has 94 valence electrons. The fraction of sp³-hybridized carbons (Fsp3) is 0.625. The van der Waals surface area contributed by atoms with Crippen LogP contribution in [0.2, 0.25) is 0 Å². The van der Waals surface area contributed by atoms with Crippen molar-refractivity contribution >= 4 is 0 Å². The third kappa shape index (κ3) is 3.10. The average molecular weight is 231 g/mol. The molecule has 1 nitrogen and oxygen atoms in total. The Kier molecular flexibility index (Phi) is 3.88. The van der Waals surface area contributed by atoms with Gasteiger partial charge in [-0.3, -0.25) is 4.90 Å². The van der Waals surface area contributed by atoms with Crippen LogP contribution in [-0.2, 0) is 13.0 Å². The molecule has 0 spiro atoms. The SMILES string of the molecule is CC(C)CN1CCc2cc(C(C)C)ccc2C1. The van der Waals surface area contributed by atoms with E-state index in [1.165, 1.54) is 25.1 Å². The van der Waals surface area contributed by atoms with E-state index in [0.29, 0.717) is 5.92 Å². The Balaban J connectivity index is 2.12. The van der Waals surface area contributed by atoms with Gasteiger partial charge in [-0.05, 0) is 34.9 Å². The average Bonchev–Trinajstić information content (AvgIpc) is 2.27. The topological polar surface area (TPSA) is 3.24 Å². The van der Waals surface area contributed by atoms with Gasteiger partial charge in [-0.1, -0.05) is 45.9 Å². The second kappa shape index (κ2) is 5.22. The maximum Gasteiger partial charge on any atom is 0.0236 e. The Labute approximate surface area is 106 Å². The molecular formula is C16H25N. The van der Waals surface area contributed by atoms with E-state index in [9.17, 15) is 0 Å². The lowest BCUT2D eigenvalue weighted by molar-refractivity contribution is 0.226. The van der Waals surface area contributed by atoms with E-state index in [2.05, 4.69) is 50.8 Å². The van der Waals surface area contributed by atoms with Crippen LogP contribution in [0, 0.1) is 5.92 Å². The molecule has 1 aromatic rings. The van der Waals surface area contributed by atoms with Gasteiger partial charge in [0.15, 0.2) is 0 Å². The van der Waals surface area contributed by atoms with E-state index < -0.39 is 0 Å². The number of hydrogen-bond acceptors (Lipinski definition) is 1. The normalized spacial score (nSPS) is 16.6. The molecule has 0 aromatic heterocycles. The minimum absolute atomic E-state index is 0.647. The standard InChI is InChI=1S/C16H25N/c1-12(2)10-17-8-7-15-9-14(13(3)4)5-6-16(15)11-17/h5-6,9,12-13H,7-8,10-11H2,1-4H3. The van der Waals surface area contributed by atoms with Crippen LogP contribution in [-0.4, -0.2) is 18.0 Å². The van der Waals surface area contributed by atoms with Gasteiger partial charge in [0.25, 0.3) is 0 Å². The minimum Gasteiger partial charge on any atom is -0.298 e. The van der Waals surface area contributed by atoms with Crippen LogP contribution in [0.1, 0.15) is 50.3 Å². The molecule has 0 aliphatic carbocycles. The Bertz CT molecular complexity index is 379. The second-order valence-corrected chi connectivity index (χ2v) is 6.06. The lowest BCUT2D eigenvalue weighted by atomic mass is 9.93. The van der Waals surface area contributed by atoms with Crippen molar-refractivity contribution in [3.63, 3.8) is 0 Å². The summed E-state index contributed by atoms with van der Waals surface area (Å²) in [4.78, 5) is 2.59. The van der Waals surface area contributed by atoms with Gasteiger partial charge in [0, 0.05) is 19.6 Å². The van der Waals surface area contributed by atoms with Crippen LogP contribution in [0.4, 0.5) is 0 Å². The van der Waals surface area contributed by atoms with Crippen molar-refractivity contribution in [2.24, 2.45) is 5.92 Å². The maximum absolute atomic E-state index is 2.59. The van der Waals surface area contributed by atoms with Crippen LogP contribution in [0.25, 0.3) is 0 Å². The van der Waals surface area contributed by atoms with Crippen LogP contribution < -0.4 is 0 Å². The zero-order valence-corrected chi connectivity index (χ0v) is 11.7. The van der Waals surface area contributed by atoms with Crippen molar-refractivity contribution in [2.75, 3.05) is 13.1 Å². The predicted octanol–water partition coefficient (Wildman–Crippen LogP) is 3.82. The largest absolute Gasteiger partial charge is 0.298 e. The highest BCUT2D eigenvalue weighted by Gasteiger charge is 2.17. The molecule has 2 rings (SSSR count). The van der Waals surface area contributed by atoms with Gasteiger partial charge in [-0.25, -0.2) is 0 Å². The van der Waals surface area contributed by atoms with Gasteiger partial charge in [0.2, 0.25) is 0 Å². The zero-order valence-electron chi connectivity index (χ0n) is 11.7. The van der Waals surface area contributed by atoms with E-state index in [-0.39, 0.29) is 0 Å². The lowest BCUT2D eigenvalue weighted by Gasteiger charge is -2.30. The Morgan fingerprint density at radius 2 is 1.88 bits per heavy atom. The predicted molar refractivity (Wildman–Crippen MR) is 74.4 cm³/mol. The summed E-state index contributed by atoms with van der Waals surface area (Å²) in [6.45, 7) is 12.8. The highest BCUT2D eigenvalue weighted by Crippen LogP contribution is 2.24. The summed E-state index contributed by atoms with van der Waals surface area (Å²) in [5.41, 5.74) is 4.61. The first kappa shape index (κ1) is 12.6. The van der Waals surface area contributed by atoms with E-state index in [4.69, 9.17) is 0 Å².